The summed E-state index contributed by atoms with van der Waals surface area (Å²) < 4.78 is 0. The first-order valence-corrected chi connectivity index (χ1v) is 23.8. The van der Waals surface area contributed by atoms with Gasteiger partial charge in [-0.3, -0.25) is 4.79 Å². The van der Waals surface area contributed by atoms with Crippen LogP contribution in [0.2, 0.25) is 0 Å². The van der Waals surface area contributed by atoms with E-state index in [0.29, 0.717) is 6.42 Å². The summed E-state index contributed by atoms with van der Waals surface area (Å²) in [5.41, 5.74) is 0. The second-order valence-electron chi connectivity index (χ2n) is 16.3. The number of unbranched alkanes of at least 4 members (excludes halogenated alkanes) is 31. The largest absolute Gasteiger partial charge is 0.394 e. The Labute approximate surface area is 336 Å². The molecule has 318 valence electrons. The van der Waals surface area contributed by atoms with E-state index in [0.717, 1.165) is 44.9 Å². The van der Waals surface area contributed by atoms with Crippen LogP contribution in [0.4, 0.5) is 0 Å². The fourth-order valence-electron chi connectivity index (χ4n) is 7.22. The van der Waals surface area contributed by atoms with Crippen molar-refractivity contribution in [2.75, 3.05) is 6.61 Å². The van der Waals surface area contributed by atoms with E-state index in [2.05, 4.69) is 43.5 Å². The molecule has 0 rings (SSSR count). The lowest BCUT2D eigenvalue weighted by Crippen LogP contribution is -2.48. The Morgan fingerprint density at radius 1 is 0.444 bits per heavy atom. The SMILES string of the molecule is CCCCCCCC/C=C/CC/C=C/CC/C=C/C(O)C(CO)NC(=O)C(O)CCCCCCCCCCCCCCCCCCCCCCCCCC. The average Bonchev–Trinajstić information content (AvgIpc) is 3.18. The summed E-state index contributed by atoms with van der Waals surface area (Å²) in [6.07, 6.45) is 56.2. The molecule has 0 aliphatic carbocycles. The maximum atomic E-state index is 12.5. The molecule has 0 aromatic heterocycles. The van der Waals surface area contributed by atoms with Crippen LogP contribution in [0.5, 0.6) is 0 Å². The first-order chi connectivity index (χ1) is 26.6. The first kappa shape index (κ1) is 52.6. The van der Waals surface area contributed by atoms with E-state index in [1.54, 1.807) is 6.08 Å². The molecule has 54 heavy (non-hydrogen) atoms. The van der Waals surface area contributed by atoms with Gasteiger partial charge < -0.3 is 20.6 Å². The van der Waals surface area contributed by atoms with Crippen LogP contribution in [0, 0.1) is 0 Å². The maximum absolute atomic E-state index is 12.5. The lowest BCUT2D eigenvalue weighted by atomic mass is 10.0. The van der Waals surface area contributed by atoms with Gasteiger partial charge in [0.25, 0.3) is 0 Å². The van der Waals surface area contributed by atoms with Crippen LogP contribution in [0.15, 0.2) is 36.5 Å². The van der Waals surface area contributed by atoms with E-state index >= 15 is 0 Å². The highest BCUT2D eigenvalue weighted by Gasteiger charge is 2.22. The van der Waals surface area contributed by atoms with Crippen molar-refractivity contribution in [2.24, 2.45) is 0 Å². The summed E-state index contributed by atoms with van der Waals surface area (Å²) in [5.74, 6) is -0.514. The molecule has 1 amide bonds. The van der Waals surface area contributed by atoms with Gasteiger partial charge in [-0.15, -0.1) is 0 Å². The molecule has 0 saturated heterocycles. The topological polar surface area (TPSA) is 89.8 Å². The Hall–Kier alpha value is -1.43. The lowest BCUT2D eigenvalue weighted by Gasteiger charge is -2.21. The Kier molecular flexibility index (Phi) is 43.1. The average molecular weight is 760 g/mol. The summed E-state index contributed by atoms with van der Waals surface area (Å²) in [4.78, 5) is 12.5. The van der Waals surface area contributed by atoms with Crippen molar-refractivity contribution in [3.63, 3.8) is 0 Å². The van der Waals surface area contributed by atoms with Crippen molar-refractivity contribution in [3.05, 3.63) is 36.5 Å². The van der Waals surface area contributed by atoms with Crippen LogP contribution in [0.3, 0.4) is 0 Å². The number of nitrogens with one attached hydrogen (secondary N) is 1. The minimum atomic E-state index is -1.11. The summed E-state index contributed by atoms with van der Waals surface area (Å²) in [6, 6.07) is -0.818. The molecule has 4 N–H and O–H groups in total. The zero-order chi connectivity index (χ0) is 39.4. The third-order valence-electron chi connectivity index (χ3n) is 11.0. The summed E-state index contributed by atoms with van der Waals surface area (Å²) in [5, 5.41) is 33.2. The standard InChI is InChI=1S/C49H93NO4/c1-3-5-7-9-11-13-15-17-19-21-22-23-24-25-26-27-28-30-32-34-36-38-40-42-44-48(53)49(54)50-46(45-51)47(52)43-41-39-37-35-33-31-29-20-18-16-14-12-10-8-6-4-2/h18,20,33,35,41,43,46-48,51-53H,3-17,19,21-32,34,36-40,42,44-45H2,1-2H3,(H,50,54)/b20-18+,35-33+,43-41+. The van der Waals surface area contributed by atoms with Gasteiger partial charge in [-0.25, -0.2) is 0 Å². The number of hydrogen-bond acceptors (Lipinski definition) is 4. The maximum Gasteiger partial charge on any atom is 0.249 e. The van der Waals surface area contributed by atoms with Crippen LogP contribution in [0.25, 0.3) is 0 Å². The quantitative estimate of drug-likeness (QED) is 0.0368. The predicted octanol–water partition coefficient (Wildman–Crippen LogP) is 13.9. The molecule has 3 atom stereocenters. The molecule has 3 unspecified atom stereocenters. The highest BCUT2D eigenvalue weighted by Crippen LogP contribution is 2.16. The Morgan fingerprint density at radius 2 is 0.759 bits per heavy atom. The molecular formula is C49H93NO4. The van der Waals surface area contributed by atoms with E-state index in [-0.39, 0.29) is 6.61 Å². The van der Waals surface area contributed by atoms with Gasteiger partial charge in [-0.2, -0.15) is 0 Å². The number of hydrogen-bond donors (Lipinski definition) is 4. The van der Waals surface area contributed by atoms with Gasteiger partial charge in [0.1, 0.15) is 6.10 Å². The van der Waals surface area contributed by atoms with Gasteiger partial charge in [-0.1, -0.05) is 237 Å². The predicted molar refractivity (Wildman–Crippen MR) is 236 cm³/mol. The van der Waals surface area contributed by atoms with Crippen LogP contribution in [0.1, 0.15) is 245 Å². The van der Waals surface area contributed by atoms with E-state index < -0.39 is 24.2 Å². The van der Waals surface area contributed by atoms with Crippen LogP contribution in [-0.2, 0) is 4.79 Å². The molecule has 5 nitrogen and oxygen atoms in total. The van der Waals surface area contributed by atoms with Gasteiger partial charge in [0.15, 0.2) is 0 Å². The molecule has 0 fully saturated rings. The molecular weight excluding hydrogens is 667 g/mol. The second kappa shape index (κ2) is 44.3. The van der Waals surface area contributed by atoms with E-state index in [1.807, 2.05) is 6.08 Å². The Balaban J connectivity index is 3.64. The number of aliphatic hydroxyl groups excluding tert-OH is 3. The van der Waals surface area contributed by atoms with Gasteiger partial charge in [0.05, 0.1) is 18.8 Å². The molecule has 0 aromatic rings. The molecule has 0 saturated carbocycles. The van der Waals surface area contributed by atoms with Crippen molar-refractivity contribution in [1.82, 2.24) is 5.32 Å². The zero-order valence-electron chi connectivity index (χ0n) is 36.1. The van der Waals surface area contributed by atoms with Gasteiger partial charge in [-0.05, 0) is 44.9 Å². The molecule has 0 spiro atoms. The summed E-state index contributed by atoms with van der Waals surface area (Å²) in [6.45, 7) is 4.17. The molecule has 0 heterocycles. The van der Waals surface area contributed by atoms with Crippen molar-refractivity contribution in [3.8, 4) is 0 Å². The van der Waals surface area contributed by atoms with Crippen molar-refractivity contribution < 1.29 is 20.1 Å². The normalized spacial score (nSPS) is 13.8. The highest BCUT2D eigenvalue weighted by atomic mass is 16.3. The number of carbonyl (C=O) groups is 1. The third-order valence-corrected chi connectivity index (χ3v) is 11.0. The van der Waals surface area contributed by atoms with E-state index in [9.17, 15) is 20.1 Å². The number of rotatable bonds is 43. The second-order valence-corrected chi connectivity index (χ2v) is 16.3. The molecule has 5 heteroatoms. The van der Waals surface area contributed by atoms with Crippen LogP contribution >= 0.6 is 0 Å². The van der Waals surface area contributed by atoms with Gasteiger partial charge in [0.2, 0.25) is 5.91 Å². The molecule has 0 bridgehead atoms. The Bertz CT molecular complexity index is 840. The molecule has 0 aliphatic heterocycles. The molecule has 0 radical (unpaired) electrons. The number of carbonyl (C=O) groups excluding carboxylic acids is 1. The van der Waals surface area contributed by atoms with Crippen molar-refractivity contribution in [1.29, 1.82) is 0 Å². The minimum absolute atomic E-state index is 0.379. The van der Waals surface area contributed by atoms with Crippen molar-refractivity contribution in [2.45, 2.75) is 263 Å². The lowest BCUT2D eigenvalue weighted by molar-refractivity contribution is -0.131. The summed E-state index contributed by atoms with van der Waals surface area (Å²) in [7, 11) is 0. The number of aliphatic hydroxyl groups is 3. The van der Waals surface area contributed by atoms with Gasteiger partial charge in [0, 0.05) is 0 Å². The van der Waals surface area contributed by atoms with E-state index in [4.69, 9.17) is 0 Å². The van der Waals surface area contributed by atoms with Gasteiger partial charge >= 0.3 is 0 Å². The number of amides is 1. The van der Waals surface area contributed by atoms with Crippen molar-refractivity contribution >= 4 is 5.91 Å². The minimum Gasteiger partial charge on any atom is -0.394 e. The molecule has 0 aromatic carbocycles. The van der Waals surface area contributed by atoms with Crippen LogP contribution in [-0.4, -0.2) is 46.1 Å². The fourth-order valence-corrected chi connectivity index (χ4v) is 7.22. The monoisotopic (exact) mass is 760 g/mol. The first-order valence-electron chi connectivity index (χ1n) is 23.8. The van der Waals surface area contributed by atoms with Crippen LogP contribution < -0.4 is 5.32 Å². The Morgan fingerprint density at radius 3 is 1.13 bits per heavy atom. The fraction of sp³-hybridized carbons (Fsp3) is 0.857. The third kappa shape index (κ3) is 38.8. The highest BCUT2D eigenvalue weighted by molar-refractivity contribution is 5.80. The smallest absolute Gasteiger partial charge is 0.249 e. The zero-order valence-corrected chi connectivity index (χ0v) is 36.1. The van der Waals surface area contributed by atoms with E-state index in [1.165, 1.54) is 180 Å². The number of allylic oxidation sites excluding steroid dienone is 5. The summed E-state index contributed by atoms with van der Waals surface area (Å²) >= 11 is 0. The molecule has 0 aliphatic rings.